The fourth-order valence-corrected chi connectivity index (χ4v) is 4.45. The summed E-state index contributed by atoms with van der Waals surface area (Å²) in [6.45, 7) is 10.0. The van der Waals surface area contributed by atoms with Gasteiger partial charge in [-0.2, -0.15) is 0 Å². The lowest BCUT2D eigenvalue weighted by atomic mass is 10.1. The Morgan fingerprint density at radius 2 is 1.96 bits per heavy atom. The molecule has 0 unspecified atom stereocenters. The predicted molar refractivity (Wildman–Crippen MR) is 96.1 cm³/mol. The Kier molecular flexibility index (Phi) is 6.62. The van der Waals surface area contributed by atoms with Crippen molar-refractivity contribution in [3.05, 3.63) is 39.9 Å². The van der Waals surface area contributed by atoms with Crippen molar-refractivity contribution < 1.29 is 14.6 Å². The number of nitrogens with zero attached hydrogens (tertiary/aromatic N) is 2. The van der Waals surface area contributed by atoms with E-state index in [1.165, 1.54) is 22.7 Å². The molecular formula is C17H26N3O3S+. The van der Waals surface area contributed by atoms with Gasteiger partial charge in [-0.1, -0.05) is 12.1 Å². The first-order valence-corrected chi connectivity index (χ1v) is 9.46. The summed E-state index contributed by atoms with van der Waals surface area (Å²) in [5.74, 6) is 0.0812. The zero-order chi connectivity index (χ0) is 17.7. The third kappa shape index (κ3) is 4.08. The van der Waals surface area contributed by atoms with Crippen LogP contribution in [0, 0.1) is 10.1 Å². The summed E-state index contributed by atoms with van der Waals surface area (Å²) in [5, 5.41) is 10.9. The smallest absolute Gasteiger partial charge is 0.275 e. The van der Waals surface area contributed by atoms with E-state index in [0.29, 0.717) is 12.1 Å². The molecule has 0 aromatic heterocycles. The van der Waals surface area contributed by atoms with Crippen molar-refractivity contribution in [3.8, 4) is 0 Å². The molecule has 0 spiro atoms. The van der Waals surface area contributed by atoms with Crippen LogP contribution >= 0.6 is 11.8 Å². The Labute approximate surface area is 147 Å². The number of quaternary nitrogens is 1. The fraction of sp³-hybridized carbons (Fsp3) is 0.588. The van der Waals surface area contributed by atoms with Crippen LogP contribution in [0.3, 0.4) is 0 Å². The molecule has 132 valence electrons. The van der Waals surface area contributed by atoms with E-state index in [1.54, 1.807) is 18.2 Å². The third-order valence-corrected chi connectivity index (χ3v) is 5.95. The number of hydrogen-bond acceptors (Lipinski definition) is 4. The maximum Gasteiger partial charge on any atom is 0.275 e. The van der Waals surface area contributed by atoms with Gasteiger partial charge in [-0.25, -0.2) is 0 Å². The first kappa shape index (κ1) is 18.7. The maximum atomic E-state index is 12.5. The number of para-hydroxylation sites is 1. The number of carbonyl (C=O) groups is 1. The molecule has 1 N–H and O–H groups in total. The Bertz CT molecular complexity index is 592. The molecule has 1 fully saturated rings. The second kappa shape index (κ2) is 8.48. The van der Waals surface area contributed by atoms with Gasteiger partial charge in [0, 0.05) is 19.0 Å². The molecule has 1 saturated heterocycles. The van der Waals surface area contributed by atoms with Crippen LogP contribution < -0.4 is 4.90 Å². The normalized spacial score (nSPS) is 20.8. The van der Waals surface area contributed by atoms with E-state index in [1.807, 2.05) is 11.8 Å². The van der Waals surface area contributed by atoms with Crippen LogP contribution in [0.5, 0.6) is 0 Å². The van der Waals surface area contributed by atoms with Gasteiger partial charge >= 0.3 is 0 Å². The first-order valence-electron chi connectivity index (χ1n) is 8.52. The van der Waals surface area contributed by atoms with Gasteiger partial charge < -0.3 is 9.80 Å². The first-order chi connectivity index (χ1) is 11.5. The summed E-state index contributed by atoms with van der Waals surface area (Å²) in [7, 11) is 0. The van der Waals surface area contributed by atoms with Crippen LogP contribution in [0.4, 0.5) is 5.69 Å². The summed E-state index contributed by atoms with van der Waals surface area (Å²) in [4.78, 5) is 26.8. The van der Waals surface area contributed by atoms with E-state index < -0.39 is 0 Å². The number of benzene rings is 1. The molecule has 6 nitrogen and oxygen atoms in total. The highest BCUT2D eigenvalue weighted by Gasteiger charge is 2.40. The Balaban J connectivity index is 2.16. The lowest BCUT2D eigenvalue weighted by molar-refractivity contribution is -0.896. The van der Waals surface area contributed by atoms with Gasteiger partial charge in [-0.15, -0.1) is 11.8 Å². The summed E-state index contributed by atoms with van der Waals surface area (Å²) in [6, 6.07) is 6.75. The minimum absolute atomic E-state index is 0.0812. The van der Waals surface area contributed by atoms with Crippen LogP contribution in [0.15, 0.2) is 24.3 Å². The van der Waals surface area contributed by atoms with Gasteiger partial charge in [-0.3, -0.25) is 14.9 Å². The van der Waals surface area contributed by atoms with Crippen LogP contribution in [0.25, 0.3) is 0 Å². The Morgan fingerprint density at radius 1 is 1.29 bits per heavy atom. The molecule has 0 saturated carbocycles. The predicted octanol–water partition coefficient (Wildman–Crippen LogP) is 1.87. The zero-order valence-electron chi connectivity index (χ0n) is 14.5. The number of carbonyl (C=O) groups excluding carboxylic acids is 1. The lowest BCUT2D eigenvalue weighted by Crippen LogP contribution is -3.11. The van der Waals surface area contributed by atoms with E-state index in [9.17, 15) is 14.9 Å². The Hall–Kier alpha value is -1.60. The zero-order valence-corrected chi connectivity index (χ0v) is 15.3. The van der Waals surface area contributed by atoms with Crippen molar-refractivity contribution in [2.75, 3.05) is 26.2 Å². The topological polar surface area (TPSA) is 67.9 Å². The highest BCUT2D eigenvalue weighted by Crippen LogP contribution is 2.45. The molecule has 7 heteroatoms. The molecule has 24 heavy (non-hydrogen) atoms. The number of nitrogens with one attached hydrogen (secondary N) is 1. The van der Waals surface area contributed by atoms with Crippen molar-refractivity contribution in [2.24, 2.45) is 0 Å². The molecule has 1 heterocycles. The molecular weight excluding hydrogens is 326 g/mol. The number of amides is 1. The minimum atomic E-state index is -0.360. The monoisotopic (exact) mass is 352 g/mol. The molecule has 2 rings (SSSR count). The van der Waals surface area contributed by atoms with E-state index in [0.717, 1.165) is 26.1 Å². The van der Waals surface area contributed by atoms with E-state index in [2.05, 4.69) is 13.8 Å². The molecule has 2 atom stereocenters. The van der Waals surface area contributed by atoms with E-state index in [-0.39, 0.29) is 27.1 Å². The number of nitro benzene ring substituents is 1. The SMILES string of the molecule is CC[NH+](CC)CCCN1C(=O)[C@@H](C)S[C@H]1c1ccccc1[N+](=O)[O-]. The van der Waals surface area contributed by atoms with Crippen molar-refractivity contribution in [1.82, 2.24) is 4.90 Å². The van der Waals surface area contributed by atoms with E-state index in [4.69, 9.17) is 0 Å². The highest BCUT2D eigenvalue weighted by molar-refractivity contribution is 8.01. The van der Waals surface area contributed by atoms with Crippen LogP contribution in [0.2, 0.25) is 0 Å². The average molecular weight is 352 g/mol. The molecule has 1 aliphatic heterocycles. The van der Waals surface area contributed by atoms with Crippen molar-refractivity contribution in [2.45, 2.75) is 37.8 Å². The number of rotatable bonds is 8. The van der Waals surface area contributed by atoms with Crippen LogP contribution in [-0.4, -0.2) is 47.2 Å². The number of thioether (sulfide) groups is 1. The second-order valence-electron chi connectivity index (χ2n) is 6.04. The summed E-state index contributed by atoms with van der Waals surface area (Å²) in [6.07, 6.45) is 0.910. The molecule has 1 aromatic rings. The van der Waals surface area contributed by atoms with Crippen molar-refractivity contribution >= 4 is 23.4 Å². The number of nitro groups is 1. The van der Waals surface area contributed by atoms with Gasteiger partial charge in [-0.05, 0) is 26.8 Å². The standard InChI is InChI=1S/C17H25N3O3S/c1-4-18(5-2)11-8-12-19-16(21)13(3)24-17(19)14-9-6-7-10-15(14)20(22)23/h6-7,9-10,13,17H,4-5,8,11-12H2,1-3H3/p+1/t13-,17+/m1/s1. The summed E-state index contributed by atoms with van der Waals surface area (Å²) >= 11 is 1.50. The van der Waals surface area contributed by atoms with E-state index >= 15 is 0 Å². The maximum absolute atomic E-state index is 12.5. The average Bonchev–Trinajstić information content (AvgIpc) is 2.86. The molecule has 0 bridgehead atoms. The second-order valence-corrected chi connectivity index (χ2v) is 7.46. The molecule has 0 aliphatic carbocycles. The van der Waals surface area contributed by atoms with Crippen LogP contribution in [0.1, 0.15) is 38.1 Å². The van der Waals surface area contributed by atoms with Gasteiger partial charge in [0.15, 0.2) is 0 Å². The largest absolute Gasteiger partial charge is 0.335 e. The lowest BCUT2D eigenvalue weighted by Gasteiger charge is -2.25. The fourth-order valence-electron chi connectivity index (χ4n) is 3.11. The summed E-state index contributed by atoms with van der Waals surface area (Å²) in [5.41, 5.74) is 0.719. The van der Waals surface area contributed by atoms with Gasteiger partial charge in [0.2, 0.25) is 5.91 Å². The molecule has 0 radical (unpaired) electrons. The van der Waals surface area contributed by atoms with Crippen molar-refractivity contribution in [3.63, 3.8) is 0 Å². The molecule has 1 aliphatic rings. The van der Waals surface area contributed by atoms with Gasteiger partial charge in [0.05, 0.1) is 35.4 Å². The van der Waals surface area contributed by atoms with Gasteiger partial charge in [0.1, 0.15) is 5.37 Å². The van der Waals surface area contributed by atoms with Crippen LogP contribution in [-0.2, 0) is 4.79 Å². The Morgan fingerprint density at radius 3 is 2.58 bits per heavy atom. The quantitative estimate of drug-likeness (QED) is 0.573. The molecule has 1 aromatic carbocycles. The minimum Gasteiger partial charge on any atom is -0.335 e. The van der Waals surface area contributed by atoms with Gasteiger partial charge in [0.25, 0.3) is 5.69 Å². The third-order valence-electron chi connectivity index (χ3n) is 4.58. The molecule has 1 amide bonds. The number of hydrogen-bond donors (Lipinski definition) is 1. The van der Waals surface area contributed by atoms with Crippen molar-refractivity contribution in [1.29, 1.82) is 0 Å². The highest BCUT2D eigenvalue weighted by atomic mass is 32.2. The summed E-state index contributed by atoms with van der Waals surface area (Å²) < 4.78 is 0.